The molecule has 0 saturated carbocycles. The van der Waals surface area contributed by atoms with Crippen LogP contribution in [-0.2, 0) is 4.74 Å². The molecule has 0 aromatic carbocycles. The molecule has 0 amide bonds. The number of unbranched alkanes of at least 4 members (excludes halogenated alkanes) is 4. The summed E-state index contributed by atoms with van der Waals surface area (Å²) in [4.78, 5) is 0. The molecule has 1 atom stereocenters. The molecule has 0 fully saturated rings. The molecular weight excluding hydrogens is 210 g/mol. The Bertz CT molecular complexity index is 139. The van der Waals surface area contributed by atoms with E-state index in [1.165, 1.54) is 51.4 Å². The molecule has 0 heterocycles. The molecule has 1 N–H and O–H groups in total. The van der Waals surface area contributed by atoms with Gasteiger partial charge in [0.25, 0.3) is 0 Å². The molecule has 0 bridgehead atoms. The van der Waals surface area contributed by atoms with E-state index in [1.807, 2.05) is 0 Å². The summed E-state index contributed by atoms with van der Waals surface area (Å²) >= 11 is 0. The van der Waals surface area contributed by atoms with E-state index in [9.17, 15) is 0 Å². The summed E-state index contributed by atoms with van der Waals surface area (Å²) in [7, 11) is 0. The summed E-state index contributed by atoms with van der Waals surface area (Å²) < 4.78 is 5.62. The molecule has 0 aliphatic carbocycles. The van der Waals surface area contributed by atoms with Crippen molar-refractivity contribution in [3.05, 3.63) is 0 Å². The van der Waals surface area contributed by atoms with E-state index in [1.54, 1.807) is 0 Å². The van der Waals surface area contributed by atoms with E-state index < -0.39 is 0 Å². The van der Waals surface area contributed by atoms with Crippen LogP contribution in [0.25, 0.3) is 0 Å². The van der Waals surface area contributed by atoms with Crippen molar-refractivity contribution >= 4 is 0 Å². The summed E-state index contributed by atoms with van der Waals surface area (Å²) in [5.41, 5.74) is 0. The fourth-order valence-corrected chi connectivity index (χ4v) is 1.88. The Labute approximate surface area is 109 Å². The fourth-order valence-electron chi connectivity index (χ4n) is 1.88. The lowest BCUT2D eigenvalue weighted by molar-refractivity contribution is 0.125. The van der Waals surface area contributed by atoms with Gasteiger partial charge >= 0.3 is 0 Å². The molecule has 0 saturated heterocycles. The smallest absolute Gasteiger partial charge is 0.0466 e. The van der Waals surface area contributed by atoms with Crippen LogP contribution in [0.2, 0.25) is 0 Å². The molecule has 104 valence electrons. The monoisotopic (exact) mass is 243 g/mol. The van der Waals surface area contributed by atoms with E-state index >= 15 is 0 Å². The van der Waals surface area contributed by atoms with Crippen LogP contribution in [0.1, 0.15) is 72.1 Å². The zero-order valence-corrected chi connectivity index (χ0v) is 12.3. The molecule has 0 aromatic heterocycles. The summed E-state index contributed by atoms with van der Waals surface area (Å²) in [5.74, 6) is 0. The summed E-state index contributed by atoms with van der Waals surface area (Å²) in [6.45, 7) is 9.80. The molecule has 0 radical (unpaired) electrons. The van der Waals surface area contributed by atoms with Gasteiger partial charge in [-0.2, -0.15) is 0 Å². The van der Waals surface area contributed by atoms with Gasteiger partial charge in [0.2, 0.25) is 0 Å². The first kappa shape index (κ1) is 16.9. The van der Waals surface area contributed by atoms with E-state index in [0.29, 0.717) is 6.04 Å². The zero-order chi connectivity index (χ0) is 12.8. The van der Waals surface area contributed by atoms with Crippen LogP contribution in [-0.4, -0.2) is 25.8 Å². The molecule has 0 aliphatic heterocycles. The third-order valence-electron chi connectivity index (χ3n) is 3.06. The van der Waals surface area contributed by atoms with E-state index in [4.69, 9.17) is 4.74 Å². The lowest BCUT2D eigenvalue weighted by atomic mass is 10.1. The first-order valence-electron chi connectivity index (χ1n) is 7.62. The van der Waals surface area contributed by atoms with Crippen molar-refractivity contribution in [3.8, 4) is 0 Å². The molecule has 0 spiro atoms. The lowest BCUT2D eigenvalue weighted by Gasteiger charge is -2.12. The van der Waals surface area contributed by atoms with Crippen molar-refractivity contribution in [1.29, 1.82) is 0 Å². The Hall–Kier alpha value is -0.0800. The Morgan fingerprint density at radius 2 is 1.59 bits per heavy atom. The van der Waals surface area contributed by atoms with Gasteiger partial charge in [-0.05, 0) is 45.6 Å². The van der Waals surface area contributed by atoms with Gasteiger partial charge < -0.3 is 10.1 Å². The SMILES string of the molecule is CCCCCCOCCCCC(C)NCCC. The third kappa shape index (κ3) is 13.9. The minimum absolute atomic E-state index is 0.666. The highest BCUT2D eigenvalue weighted by Crippen LogP contribution is 2.02. The minimum atomic E-state index is 0.666. The average molecular weight is 243 g/mol. The predicted octanol–water partition coefficient (Wildman–Crippen LogP) is 4.14. The van der Waals surface area contributed by atoms with Crippen LogP contribution >= 0.6 is 0 Å². The van der Waals surface area contributed by atoms with Crippen LogP contribution in [0.3, 0.4) is 0 Å². The van der Waals surface area contributed by atoms with Crippen molar-refractivity contribution in [3.63, 3.8) is 0 Å². The standard InChI is InChI=1S/C15H33NO/c1-4-6-7-9-13-17-14-10-8-11-15(3)16-12-5-2/h15-16H,4-14H2,1-3H3. The summed E-state index contributed by atoms with van der Waals surface area (Å²) in [6, 6.07) is 0.666. The van der Waals surface area contributed by atoms with Gasteiger partial charge in [-0.15, -0.1) is 0 Å². The summed E-state index contributed by atoms with van der Waals surface area (Å²) in [5, 5.41) is 3.52. The maximum atomic E-state index is 5.62. The van der Waals surface area contributed by atoms with Crippen molar-refractivity contribution in [2.24, 2.45) is 0 Å². The van der Waals surface area contributed by atoms with E-state index in [-0.39, 0.29) is 0 Å². The van der Waals surface area contributed by atoms with Gasteiger partial charge in [0.1, 0.15) is 0 Å². The maximum absolute atomic E-state index is 5.62. The Morgan fingerprint density at radius 3 is 2.24 bits per heavy atom. The Morgan fingerprint density at radius 1 is 0.882 bits per heavy atom. The first-order chi connectivity index (χ1) is 8.31. The second-order valence-electron chi connectivity index (χ2n) is 5.02. The van der Waals surface area contributed by atoms with Crippen molar-refractivity contribution in [1.82, 2.24) is 5.32 Å². The molecule has 2 heteroatoms. The molecule has 1 unspecified atom stereocenters. The first-order valence-corrected chi connectivity index (χ1v) is 7.62. The zero-order valence-electron chi connectivity index (χ0n) is 12.3. The van der Waals surface area contributed by atoms with Crippen LogP contribution in [0.4, 0.5) is 0 Å². The Balaban J connectivity index is 3.02. The van der Waals surface area contributed by atoms with Gasteiger partial charge in [0.15, 0.2) is 0 Å². The third-order valence-corrected chi connectivity index (χ3v) is 3.06. The molecule has 17 heavy (non-hydrogen) atoms. The van der Waals surface area contributed by atoms with Crippen LogP contribution < -0.4 is 5.32 Å². The van der Waals surface area contributed by atoms with Gasteiger partial charge in [-0.1, -0.05) is 33.1 Å². The van der Waals surface area contributed by atoms with Gasteiger partial charge in [-0.3, -0.25) is 0 Å². The molecule has 0 rings (SSSR count). The average Bonchev–Trinajstić information content (AvgIpc) is 2.34. The number of hydrogen-bond acceptors (Lipinski definition) is 2. The normalized spacial score (nSPS) is 12.9. The fraction of sp³-hybridized carbons (Fsp3) is 1.00. The second kappa shape index (κ2) is 14.0. The minimum Gasteiger partial charge on any atom is -0.381 e. The van der Waals surface area contributed by atoms with Crippen molar-refractivity contribution in [2.45, 2.75) is 78.2 Å². The second-order valence-corrected chi connectivity index (χ2v) is 5.02. The van der Waals surface area contributed by atoms with Gasteiger partial charge in [0.05, 0.1) is 0 Å². The topological polar surface area (TPSA) is 21.3 Å². The lowest BCUT2D eigenvalue weighted by Crippen LogP contribution is -2.26. The number of ether oxygens (including phenoxy) is 1. The van der Waals surface area contributed by atoms with Gasteiger partial charge in [0, 0.05) is 19.3 Å². The highest BCUT2D eigenvalue weighted by Gasteiger charge is 1.99. The predicted molar refractivity (Wildman–Crippen MR) is 76.6 cm³/mol. The number of hydrogen-bond donors (Lipinski definition) is 1. The van der Waals surface area contributed by atoms with Crippen LogP contribution in [0.15, 0.2) is 0 Å². The Kier molecular flexibility index (Phi) is 13.9. The van der Waals surface area contributed by atoms with Gasteiger partial charge in [-0.25, -0.2) is 0 Å². The van der Waals surface area contributed by atoms with Crippen LogP contribution in [0.5, 0.6) is 0 Å². The molecular formula is C15H33NO. The summed E-state index contributed by atoms with van der Waals surface area (Å²) in [6.07, 6.45) is 10.2. The largest absolute Gasteiger partial charge is 0.381 e. The maximum Gasteiger partial charge on any atom is 0.0466 e. The molecule has 0 aliphatic rings. The number of nitrogens with one attached hydrogen (secondary N) is 1. The molecule has 0 aromatic rings. The van der Waals surface area contributed by atoms with E-state index in [0.717, 1.165) is 19.8 Å². The van der Waals surface area contributed by atoms with Crippen LogP contribution in [0, 0.1) is 0 Å². The highest BCUT2D eigenvalue weighted by atomic mass is 16.5. The number of rotatable bonds is 13. The van der Waals surface area contributed by atoms with Crippen molar-refractivity contribution in [2.75, 3.05) is 19.8 Å². The van der Waals surface area contributed by atoms with Crippen molar-refractivity contribution < 1.29 is 4.74 Å². The molecule has 2 nitrogen and oxygen atoms in total. The van der Waals surface area contributed by atoms with E-state index in [2.05, 4.69) is 26.1 Å². The quantitative estimate of drug-likeness (QED) is 0.491. The highest BCUT2D eigenvalue weighted by molar-refractivity contribution is 4.59.